The molecule has 0 aromatic heterocycles. The molecule has 1 aliphatic rings. The zero-order chi connectivity index (χ0) is 14.4. The minimum atomic E-state index is 0.0108. The highest BCUT2D eigenvalue weighted by Gasteiger charge is 2.22. The first-order valence-electron chi connectivity index (χ1n) is 6.98. The Bertz CT molecular complexity index is 455. The van der Waals surface area contributed by atoms with Gasteiger partial charge in [0.2, 0.25) is 0 Å². The fourth-order valence-electron chi connectivity index (χ4n) is 2.44. The highest BCUT2D eigenvalue weighted by atomic mass is 35.5. The molecule has 1 aliphatic heterocycles. The normalized spacial score (nSPS) is 19.5. The van der Waals surface area contributed by atoms with Crippen LogP contribution in [0.15, 0.2) is 24.3 Å². The number of halogens is 1. The van der Waals surface area contributed by atoms with E-state index in [0.29, 0.717) is 17.7 Å². The summed E-state index contributed by atoms with van der Waals surface area (Å²) in [7, 11) is 0. The van der Waals surface area contributed by atoms with Crippen LogP contribution in [0, 0.1) is 6.92 Å². The number of carbonyl (C=O) groups excluding carboxylic acids is 1. The highest BCUT2D eigenvalue weighted by molar-refractivity contribution is 7.99. The van der Waals surface area contributed by atoms with Gasteiger partial charge >= 0.3 is 6.03 Å². The molecule has 20 heavy (non-hydrogen) atoms. The Morgan fingerprint density at radius 2 is 2.25 bits per heavy atom. The zero-order valence-corrected chi connectivity index (χ0v) is 13.3. The summed E-state index contributed by atoms with van der Waals surface area (Å²) >= 11 is 7.55. The van der Waals surface area contributed by atoms with Crippen molar-refractivity contribution in [3.63, 3.8) is 0 Å². The molecule has 0 saturated carbocycles. The summed E-state index contributed by atoms with van der Waals surface area (Å²) in [6, 6.07) is 8.55. The van der Waals surface area contributed by atoms with E-state index in [1.165, 1.54) is 11.1 Å². The Morgan fingerprint density at radius 1 is 1.45 bits per heavy atom. The number of benzene rings is 1. The summed E-state index contributed by atoms with van der Waals surface area (Å²) < 4.78 is 0. The monoisotopic (exact) mass is 312 g/mol. The van der Waals surface area contributed by atoms with Crippen LogP contribution in [0.3, 0.4) is 0 Å². The molecule has 1 heterocycles. The van der Waals surface area contributed by atoms with Crippen molar-refractivity contribution in [3.8, 4) is 0 Å². The Kier molecular flexibility index (Phi) is 6.05. The average Bonchev–Trinajstić information content (AvgIpc) is 2.71. The third-order valence-electron chi connectivity index (χ3n) is 3.53. The molecule has 2 rings (SSSR count). The van der Waals surface area contributed by atoms with E-state index in [9.17, 15) is 4.79 Å². The number of hydrogen-bond acceptors (Lipinski definition) is 2. The van der Waals surface area contributed by atoms with Crippen LogP contribution in [0.5, 0.6) is 0 Å². The van der Waals surface area contributed by atoms with Gasteiger partial charge in [-0.2, -0.15) is 11.8 Å². The topological polar surface area (TPSA) is 32.3 Å². The van der Waals surface area contributed by atoms with E-state index in [0.717, 1.165) is 25.3 Å². The molecule has 1 aromatic rings. The molecular formula is C15H21ClN2OS. The van der Waals surface area contributed by atoms with Crippen molar-refractivity contribution in [3.05, 3.63) is 35.4 Å². The first kappa shape index (κ1) is 15.5. The number of aryl methyl sites for hydroxylation is 1. The number of amides is 2. The van der Waals surface area contributed by atoms with Gasteiger partial charge in [-0.25, -0.2) is 4.79 Å². The minimum absolute atomic E-state index is 0.0108. The van der Waals surface area contributed by atoms with E-state index in [4.69, 9.17) is 11.6 Å². The van der Waals surface area contributed by atoms with Gasteiger partial charge < -0.3 is 10.2 Å². The van der Waals surface area contributed by atoms with E-state index in [1.807, 2.05) is 16.7 Å². The maximum atomic E-state index is 12.0. The van der Waals surface area contributed by atoms with Crippen molar-refractivity contribution in [1.82, 2.24) is 10.2 Å². The number of nitrogens with one attached hydrogen (secondary N) is 1. The molecule has 0 spiro atoms. The van der Waals surface area contributed by atoms with E-state index < -0.39 is 0 Å². The largest absolute Gasteiger partial charge is 0.337 e. The van der Waals surface area contributed by atoms with Gasteiger partial charge in [-0.05, 0) is 24.5 Å². The van der Waals surface area contributed by atoms with Gasteiger partial charge in [0.05, 0.1) is 0 Å². The van der Waals surface area contributed by atoms with Crippen molar-refractivity contribution >= 4 is 29.4 Å². The fourth-order valence-corrected chi connectivity index (χ4v) is 3.86. The molecule has 5 heteroatoms. The molecule has 1 unspecified atom stereocenters. The van der Waals surface area contributed by atoms with Crippen LogP contribution in [0.4, 0.5) is 4.79 Å². The summed E-state index contributed by atoms with van der Waals surface area (Å²) in [5.74, 6) is 1.44. The van der Waals surface area contributed by atoms with Crippen molar-refractivity contribution in [1.29, 1.82) is 0 Å². The van der Waals surface area contributed by atoms with Gasteiger partial charge in [0.1, 0.15) is 0 Å². The molecule has 3 nitrogen and oxygen atoms in total. The van der Waals surface area contributed by atoms with Crippen LogP contribution < -0.4 is 5.32 Å². The third-order valence-corrected chi connectivity index (χ3v) is 5.03. The summed E-state index contributed by atoms with van der Waals surface area (Å²) in [5, 5.41) is 3.33. The predicted molar refractivity (Wildman–Crippen MR) is 86.7 cm³/mol. The summed E-state index contributed by atoms with van der Waals surface area (Å²) in [6.07, 6.45) is 1.00. The van der Waals surface area contributed by atoms with Gasteiger partial charge in [0, 0.05) is 36.5 Å². The number of rotatable bonds is 3. The van der Waals surface area contributed by atoms with Crippen molar-refractivity contribution in [2.45, 2.75) is 18.6 Å². The molecule has 0 bridgehead atoms. The van der Waals surface area contributed by atoms with Crippen LogP contribution in [0.25, 0.3) is 0 Å². The van der Waals surface area contributed by atoms with Crippen LogP contribution in [0.1, 0.15) is 22.8 Å². The van der Waals surface area contributed by atoms with E-state index >= 15 is 0 Å². The molecule has 2 amide bonds. The molecule has 1 aromatic carbocycles. The number of alkyl halides is 1. The maximum absolute atomic E-state index is 12.0. The van der Waals surface area contributed by atoms with Gasteiger partial charge in [0.15, 0.2) is 0 Å². The van der Waals surface area contributed by atoms with Crippen LogP contribution in [-0.4, -0.2) is 42.2 Å². The molecule has 0 aliphatic carbocycles. The number of urea groups is 1. The summed E-state index contributed by atoms with van der Waals surface area (Å²) in [4.78, 5) is 13.9. The van der Waals surface area contributed by atoms with Crippen molar-refractivity contribution < 1.29 is 4.79 Å². The second-order valence-electron chi connectivity index (χ2n) is 4.91. The van der Waals surface area contributed by atoms with Gasteiger partial charge in [-0.3, -0.25) is 0 Å². The first-order valence-corrected chi connectivity index (χ1v) is 8.56. The van der Waals surface area contributed by atoms with E-state index in [1.54, 1.807) is 0 Å². The Morgan fingerprint density at radius 3 is 3.00 bits per heavy atom. The minimum Gasteiger partial charge on any atom is -0.337 e. The summed E-state index contributed by atoms with van der Waals surface area (Å²) in [5.41, 5.74) is 2.74. The number of carbonyl (C=O) groups is 1. The van der Waals surface area contributed by atoms with E-state index in [-0.39, 0.29) is 6.03 Å². The van der Waals surface area contributed by atoms with Crippen LogP contribution in [-0.2, 0) is 0 Å². The molecule has 1 saturated heterocycles. The highest BCUT2D eigenvalue weighted by Crippen LogP contribution is 2.35. The van der Waals surface area contributed by atoms with Gasteiger partial charge in [-0.1, -0.05) is 24.3 Å². The van der Waals surface area contributed by atoms with Gasteiger partial charge in [-0.15, -0.1) is 11.6 Å². The van der Waals surface area contributed by atoms with E-state index in [2.05, 4.69) is 36.5 Å². The third kappa shape index (κ3) is 4.06. The molecule has 0 radical (unpaired) electrons. The Labute approximate surface area is 130 Å². The predicted octanol–water partition coefficient (Wildman–Crippen LogP) is 3.42. The quantitative estimate of drug-likeness (QED) is 0.867. The van der Waals surface area contributed by atoms with Crippen molar-refractivity contribution in [2.75, 3.05) is 31.3 Å². The fraction of sp³-hybridized carbons (Fsp3) is 0.533. The SMILES string of the molecule is Cc1ccccc1C1CCN(C(=O)NCCCl)CCS1. The number of thioether (sulfide) groups is 1. The molecule has 1 atom stereocenters. The molecule has 110 valence electrons. The number of hydrogen-bond donors (Lipinski definition) is 1. The van der Waals surface area contributed by atoms with Gasteiger partial charge in [0.25, 0.3) is 0 Å². The average molecular weight is 313 g/mol. The summed E-state index contributed by atoms with van der Waals surface area (Å²) in [6.45, 7) is 4.30. The second kappa shape index (κ2) is 7.79. The molecule has 1 N–H and O–H groups in total. The standard InChI is InChI=1S/C15H21ClN2OS/c1-12-4-2-3-5-13(12)14-6-9-18(10-11-20-14)15(19)17-8-7-16/h2-5,14H,6-11H2,1H3,(H,17,19). The molecule has 1 fully saturated rings. The lowest BCUT2D eigenvalue weighted by Gasteiger charge is -2.20. The van der Waals surface area contributed by atoms with Crippen molar-refractivity contribution in [2.24, 2.45) is 0 Å². The van der Waals surface area contributed by atoms with Crippen LogP contribution in [0.2, 0.25) is 0 Å². The molecular weight excluding hydrogens is 292 g/mol. The van der Waals surface area contributed by atoms with Crippen LogP contribution >= 0.6 is 23.4 Å². The second-order valence-corrected chi connectivity index (χ2v) is 6.60. The lowest BCUT2D eigenvalue weighted by atomic mass is 10.0. The maximum Gasteiger partial charge on any atom is 0.317 e. The lowest BCUT2D eigenvalue weighted by Crippen LogP contribution is -2.41. The zero-order valence-electron chi connectivity index (χ0n) is 11.8. The Hall–Kier alpha value is -0.870. The first-order chi connectivity index (χ1) is 9.72. The lowest BCUT2D eigenvalue weighted by molar-refractivity contribution is 0.202. The smallest absolute Gasteiger partial charge is 0.317 e. The Balaban J connectivity index is 1.95. The number of nitrogens with zero attached hydrogens (tertiary/aromatic N) is 1.